The molecule has 0 N–H and O–H groups in total. The fourth-order valence-electron chi connectivity index (χ4n) is 3.68. The Morgan fingerprint density at radius 2 is 1.61 bits per heavy atom. The van der Waals surface area contributed by atoms with Crippen LogP contribution in [0.15, 0.2) is 12.1 Å². The van der Waals surface area contributed by atoms with Gasteiger partial charge in [-0.05, 0) is 30.5 Å². The number of carbonyl (C=O) groups is 2. The van der Waals surface area contributed by atoms with Gasteiger partial charge < -0.3 is 28.7 Å². The van der Waals surface area contributed by atoms with Crippen molar-refractivity contribution in [1.29, 1.82) is 0 Å². The quantitative estimate of drug-likeness (QED) is 0.722. The first-order valence-corrected chi connectivity index (χ1v) is 9.54. The van der Waals surface area contributed by atoms with Crippen LogP contribution in [0, 0.1) is 0 Å². The average molecular weight is 392 g/mol. The summed E-state index contributed by atoms with van der Waals surface area (Å²) in [6.07, 6.45) is 1.65. The zero-order valence-corrected chi connectivity index (χ0v) is 16.7. The minimum Gasteiger partial charge on any atom is -0.493 e. The number of ether oxygens (including phenoxy) is 4. The van der Waals surface area contributed by atoms with Crippen LogP contribution in [0.5, 0.6) is 17.2 Å². The predicted octanol–water partition coefficient (Wildman–Crippen LogP) is 1.10. The first-order chi connectivity index (χ1) is 13.6. The monoisotopic (exact) mass is 392 g/mol. The van der Waals surface area contributed by atoms with Crippen molar-refractivity contribution in [2.24, 2.45) is 0 Å². The molecule has 2 amide bonds. The van der Waals surface area contributed by atoms with Crippen molar-refractivity contribution in [2.45, 2.75) is 25.4 Å². The molecule has 0 spiro atoms. The molecule has 2 heterocycles. The summed E-state index contributed by atoms with van der Waals surface area (Å²) in [7, 11) is 4.64. The standard InChI is InChI=1S/C20H28N2O6/c1-25-16-11-14(12-17(26-2)19(16)27-3)13-18(23)21-6-8-22(9-7-21)20(24)15-5-4-10-28-15/h11-12,15H,4-10,13H2,1-3H3/t15-/m0/s1. The molecule has 0 aliphatic carbocycles. The molecule has 2 aliphatic rings. The van der Waals surface area contributed by atoms with Crippen molar-refractivity contribution in [3.05, 3.63) is 17.7 Å². The number of benzene rings is 1. The fourth-order valence-corrected chi connectivity index (χ4v) is 3.68. The topological polar surface area (TPSA) is 77.5 Å². The maximum absolute atomic E-state index is 12.7. The van der Waals surface area contributed by atoms with E-state index in [4.69, 9.17) is 18.9 Å². The summed E-state index contributed by atoms with van der Waals surface area (Å²) < 4.78 is 21.5. The number of rotatable bonds is 6. The summed E-state index contributed by atoms with van der Waals surface area (Å²) in [5.41, 5.74) is 0.789. The second-order valence-electron chi connectivity index (χ2n) is 6.92. The zero-order chi connectivity index (χ0) is 20.1. The Morgan fingerprint density at radius 3 is 2.11 bits per heavy atom. The second kappa shape index (κ2) is 9.14. The Morgan fingerprint density at radius 1 is 1.00 bits per heavy atom. The van der Waals surface area contributed by atoms with Gasteiger partial charge >= 0.3 is 0 Å². The number of hydrogen-bond donors (Lipinski definition) is 0. The lowest BCUT2D eigenvalue weighted by atomic mass is 10.1. The number of carbonyl (C=O) groups excluding carboxylic acids is 2. The van der Waals surface area contributed by atoms with Crippen LogP contribution in [0.25, 0.3) is 0 Å². The van der Waals surface area contributed by atoms with E-state index < -0.39 is 0 Å². The minimum atomic E-state index is -0.304. The molecule has 154 valence electrons. The van der Waals surface area contributed by atoms with Crippen molar-refractivity contribution in [3.63, 3.8) is 0 Å². The lowest BCUT2D eigenvalue weighted by Crippen LogP contribution is -2.53. The maximum atomic E-state index is 12.7. The third-order valence-corrected chi connectivity index (χ3v) is 5.23. The normalized spacial score (nSPS) is 19.5. The molecule has 1 aromatic carbocycles. The molecule has 1 aromatic rings. The van der Waals surface area contributed by atoms with Gasteiger partial charge in [0.2, 0.25) is 11.7 Å². The Hall–Kier alpha value is -2.48. The van der Waals surface area contributed by atoms with E-state index in [0.717, 1.165) is 18.4 Å². The highest BCUT2D eigenvalue weighted by Gasteiger charge is 2.31. The van der Waals surface area contributed by atoms with Gasteiger partial charge in [0.25, 0.3) is 5.91 Å². The third-order valence-electron chi connectivity index (χ3n) is 5.23. The Labute approximate surface area is 165 Å². The molecule has 3 rings (SSSR count). The molecule has 0 aromatic heterocycles. The minimum absolute atomic E-state index is 0.0125. The van der Waals surface area contributed by atoms with Crippen LogP contribution in [-0.4, -0.2) is 81.8 Å². The molecule has 0 bridgehead atoms. The smallest absolute Gasteiger partial charge is 0.251 e. The SMILES string of the molecule is COc1cc(CC(=O)N2CCN(C(=O)[C@@H]3CCCO3)CC2)cc(OC)c1OC. The van der Waals surface area contributed by atoms with Gasteiger partial charge in [0.1, 0.15) is 6.10 Å². The summed E-state index contributed by atoms with van der Waals surface area (Å²) in [5.74, 6) is 1.61. The highest BCUT2D eigenvalue weighted by atomic mass is 16.5. The van der Waals surface area contributed by atoms with Gasteiger partial charge in [-0.25, -0.2) is 0 Å². The van der Waals surface area contributed by atoms with Crippen molar-refractivity contribution in [2.75, 3.05) is 54.1 Å². The summed E-state index contributed by atoms with van der Waals surface area (Å²) in [6.45, 7) is 2.80. The molecule has 28 heavy (non-hydrogen) atoms. The summed E-state index contributed by atoms with van der Waals surface area (Å²) in [5, 5.41) is 0. The molecule has 0 unspecified atom stereocenters. The van der Waals surface area contributed by atoms with Crippen molar-refractivity contribution < 1.29 is 28.5 Å². The molecule has 2 fully saturated rings. The van der Waals surface area contributed by atoms with E-state index in [9.17, 15) is 9.59 Å². The number of nitrogens with zero attached hydrogens (tertiary/aromatic N) is 2. The van der Waals surface area contributed by atoms with Crippen LogP contribution in [-0.2, 0) is 20.7 Å². The van der Waals surface area contributed by atoms with E-state index in [1.165, 1.54) is 0 Å². The zero-order valence-electron chi connectivity index (χ0n) is 16.7. The Kier molecular flexibility index (Phi) is 6.61. The second-order valence-corrected chi connectivity index (χ2v) is 6.92. The summed E-state index contributed by atoms with van der Waals surface area (Å²) >= 11 is 0. The largest absolute Gasteiger partial charge is 0.493 e. The van der Waals surface area contributed by atoms with E-state index >= 15 is 0 Å². The van der Waals surface area contributed by atoms with E-state index in [-0.39, 0.29) is 24.3 Å². The molecular formula is C20H28N2O6. The molecule has 8 heteroatoms. The van der Waals surface area contributed by atoms with Crippen molar-refractivity contribution in [3.8, 4) is 17.2 Å². The van der Waals surface area contributed by atoms with Gasteiger partial charge in [0, 0.05) is 32.8 Å². The highest BCUT2D eigenvalue weighted by Crippen LogP contribution is 2.38. The van der Waals surface area contributed by atoms with E-state index in [1.54, 1.807) is 43.3 Å². The van der Waals surface area contributed by atoms with Crippen molar-refractivity contribution in [1.82, 2.24) is 9.80 Å². The Bertz CT molecular complexity index is 684. The van der Waals surface area contributed by atoms with E-state index in [2.05, 4.69) is 0 Å². The lowest BCUT2D eigenvalue weighted by Gasteiger charge is -2.35. The molecule has 1 atom stereocenters. The van der Waals surface area contributed by atoms with Crippen LogP contribution >= 0.6 is 0 Å². The molecule has 2 aliphatic heterocycles. The van der Waals surface area contributed by atoms with Gasteiger partial charge in [0.05, 0.1) is 27.8 Å². The Balaban J connectivity index is 1.59. The first-order valence-electron chi connectivity index (χ1n) is 9.54. The maximum Gasteiger partial charge on any atom is 0.251 e. The van der Waals surface area contributed by atoms with Crippen LogP contribution in [0.4, 0.5) is 0 Å². The first kappa shape index (κ1) is 20.3. The molecular weight excluding hydrogens is 364 g/mol. The number of hydrogen-bond acceptors (Lipinski definition) is 6. The lowest BCUT2D eigenvalue weighted by molar-refractivity contribution is -0.145. The molecule has 2 saturated heterocycles. The number of piperazine rings is 1. The van der Waals surface area contributed by atoms with Crippen LogP contribution in [0.1, 0.15) is 18.4 Å². The van der Waals surface area contributed by atoms with Gasteiger partial charge in [0.15, 0.2) is 11.5 Å². The van der Waals surface area contributed by atoms with E-state index in [1.807, 2.05) is 0 Å². The van der Waals surface area contributed by atoms with Gasteiger partial charge in [-0.3, -0.25) is 9.59 Å². The summed E-state index contributed by atoms with van der Waals surface area (Å²) in [6, 6.07) is 3.58. The molecule has 8 nitrogen and oxygen atoms in total. The number of amides is 2. The van der Waals surface area contributed by atoms with Crippen LogP contribution in [0.2, 0.25) is 0 Å². The predicted molar refractivity (Wildman–Crippen MR) is 102 cm³/mol. The highest BCUT2D eigenvalue weighted by molar-refractivity contribution is 5.82. The summed E-state index contributed by atoms with van der Waals surface area (Å²) in [4.78, 5) is 28.8. The molecule has 0 saturated carbocycles. The van der Waals surface area contributed by atoms with Gasteiger partial charge in [-0.1, -0.05) is 0 Å². The van der Waals surface area contributed by atoms with Crippen molar-refractivity contribution >= 4 is 11.8 Å². The van der Waals surface area contributed by atoms with Gasteiger partial charge in [-0.15, -0.1) is 0 Å². The van der Waals surface area contributed by atoms with Crippen LogP contribution in [0.3, 0.4) is 0 Å². The van der Waals surface area contributed by atoms with Gasteiger partial charge in [-0.2, -0.15) is 0 Å². The van der Waals surface area contributed by atoms with E-state index in [0.29, 0.717) is 50.0 Å². The number of methoxy groups -OCH3 is 3. The molecule has 0 radical (unpaired) electrons. The average Bonchev–Trinajstić information content (AvgIpc) is 3.27. The fraction of sp³-hybridized carbons (Fsp3) is 0.600. The van der Waals surface area contributed by atoms with Crippen LogP contribution < -0.4 is 14.2 Å². The third kappa shape index (κ3) is 4.32.